The zero-order valence-electron chi connectivity index (χ0n) is 16.9. The van der Waals surface area contributed by atoms with E-state index in [-0.39, 0.29) is 17.2 Å². The van der Waals surface area contributed by atoms with Crippen LogP contribution in [0.1, 0.15) is 44.2 Å². The molecule has 7 heteroatoms. The molecule has 2 aromatic rings. The summed E-state index contributed by atoms with van der Waals surface area (Å²) in [5.41, 5.74) is -0.402. The third kappa shape index (κ3) is 4.77. The van der Waals surface area contributed by atoms with Gasteiger partial charge in [-0.25, -0.2) is 4.98 Å². The molecular formula is C21H29N3O4. The molecule has 1 N–H and O–H groups in total. The van der Waals surface area contributed by atoms with Crippen molar-refractivity contribution >= 4 is 16.7 Å². The largest absolute Gasteiger partial charge is 0.493 e. The minimum atomic E-state index is -0.572. The Bertz CT molecular complexity index is 885. The van der Waals surface area contributed by atoms with E-state index in [1.54, 1.807) is 18.2 Å². The van der Waals surface area contributed by atoms with Gasteiger partial charge in [0, 0.05) is 31.1 Å². The number of carbonyl (C=O) groups excluding carboxylic acids is 1. The van der Waals surface area contributed by atoms with Crippen molar-refractivity contribution in [2.75, 3.05) is 39.5 Å². The molecule has 0 amide bonds. The molecule has 28 heavy (non-hydrogen) atoms. The number of ketones is 1. The lowest BCUT2D eigenvalue weighted by Crippen LogP contribution is -2.37. The molecule has 152 valence electrons. The van der Waals surface area contributed by atoms with Gasteiger partial charge in [0.15, 0.2) is 5.82 Å². The summed E-state index contributed by atoms with van der Waals surface area (Å²) >= 11 is 0. The number of hydrogen-bond donors (Lipinski definition) is 1. The molecule has 1 fully saturated rings. The maximum atomic E-state index is 12.7. The number of H-pyrrole nitrogens is 1. The van der Waals surface area contributed by atoms with Gasteiger partial charge in [-0.2, -0.15) is 0 Å². The number of aromatic nitrogens is 2. The molecule has 1 saturated heterocycles. The molecule has 0 atom stereocenters. The van der Waals surface area contributed by atoms with Crippen LogP contribution in [0, 0.1) is 5.41 Å². The number of hydrogen-bond acceptors (Lipinski definition) is 6. The van der Waals surface area contributed by atoms with E-state index < -0.39 is 5.41 Å². The third-order valence-corrected chi connectivity index (χ3v) is 5.38. The Kier molecular flexibility index (Phi) is 6.46. The number of morpholine rings is 1. The van der Waals surface area contributed by atoms with Crippen molar-refractivity contribution in [2.45, 2.75) is 33.6 Å². The zero-order chi connectivity index (χ0) is 20.1. The van der Waals surface area contributed by atoms with Crippen LogP contribution in [0.25, 0.3) is 10.9 Å². The fraction of sp³-hybridized carbons (Fsp3) is 0.571. The van der Waals surface area contributed by atoms with Crippen molar-refractivity contribution in [3.63, 3.8) is 0 Å². The standard InChI is InChI=1S/C21H29N3O4/c1-4-21(2,3)18(25)19-22-17-14-15(6-7-16(17)20(26)23-19)28-11-5-8-24-9-12-27-13-10-24/h6-7,14H,4-5,8-13H2,1-3H3,(H,22,23,26). The molecule has 0 unspecified atom stereocenters. The number of rotatable bonds is 8. The maximum absolute atomic E-state index is 12.7. The van der Waals surface area contributed by atoms with E-state index in [1.807, 2.05) is 20.8 Å². The third-order valence-electron chi connectivity index (χ3n) is 5.38. The first-order chi connectivity index (χ1) is 13.4. The highest BCUT2D eigenvalue weighted by molar-refractivity contribution is 5.98. The fourth-order valence-electron chi connectivity index (χ4n) is 3.10. The van der Waals surface area contributed by atoms with Crippen LogP contribution in [0.2, 0.25) is 0 Å². The molecule has 2 heterocycles. The monoisotopic (exact) mass is 387 g/mol. The summed E-state index contributed by atoms with van der Waals surface area (Å²) in [5.74, 6) is 0.598. The molecule has 3 rings (SSSR count). The maximum Gasteiger partial charge on any atom is 0.259 e. The Hall–Kier alpha value is -2.25. The van der Waals surface area contributed by atoms with E-state index in [1.165, 1.54) is 0 Å². The van der Waals surface area contributed by atoms with Gasteiger partial charge in [0.25, 0.3) is 5.56 Å². The summed E-state index contributed by atoms with van der Waals surface area (Å²) in [7, 11) is 0. The Labute approximate surface area is 165 Å². The molecule has 0 radical (unpaired) electrons. The molecule has 1 aliphatic heterocycles. The second-order valence-corrected chi connectivity index (χ2v) is 7.82. The highest BCUT2D eigenvalue weighted by Gasteiger charge is 2.28. The van der Waals surface area contributed by atoms with E-state index in [0.717, 1.165) is 39.3 Å². The summed E-state index contributed by atoms with van der Waals surface area (Å²) < 4.78 is 11.2. The lowest BCUT2D eigenvalue weighted by atomic mass is 9.85. The van der Waals surface area contributed by atoms with Crippen LogP contribution >= 0.6 is 0 Å². The predicted octanol–water partition coefficient (Wildman–Crippen LogP) is 2.64. The lowest BCUT2D eigenvalue weighted by molar-refractivity contribution is 0.0358. The van der Waals surface area contributed by atoms with Gasteiger partial charge in [0.05, 0.1) is 30.7 Å². The topological polar surface area (TPSA) is 84.5 Å². The average molecular weight is 387 g/mol. The van der Waals surface area contributed by atoms with Crippen molar-refractivity contribution in [1.29, 1.82) is 0 Å². The summed E-state index contributed by atoms with van der Waals surface area (Å²) in [6, 6.07) is 5.19. The van der Waals surface area contributed by atoms with E-state index in [9.17, 15) is 9.59 Å². The first-order valence-corrected chi connectivity index (χ1v) is 9.92. The number of Topliss-reactive ketones (excluding diaryl/α,β-unsaturated/α-hetero) is 1. The molecule has 0 spiro atoms. The van der Waals surface area contributed by atoms with Crippen LogP contribution in [0.5, 0.6) is 5.75 Å². The summed E-state index contributed by atoms with van der Waals surface area (Å²) in [6.07, 6.45) is 1.58. The van der Waals surface area contributed by atoms with Crippen molar-refractivity contribution in [3.05, 3.63) is 34.4 Å². The van der Waals surface area contributed by atoms with Crippen molar-refractivity contribution in [2.24, 2.45) is 5.41 Å². The Morgan fingerprint density at radius 2 is 2.07 bits per heavy atom. The van der Waals surface area contributed by atoms with Gasteiger partial charge in [0.1, 0.15) is 5.75 Å². The van der Waals surface area contributed by atoms with Crippen LogP contribution in [0.4, 0.5) is 0 Å². The van der Waals surface area contributed by atoms with Gasteiger partial charge < -0.3 is 14.5 Å². The van der Waals surface area contributed by atoms with Crippen LogP contribution in [-0.4, -0.2) is 60.1 Å². The number of benzene rings is 1. The average Bonchev–Trinajstić information content (AvgIpc) is 2.71. The van der Waals surface area contributed by atoms with Crippen molar-refractivity contribution in [3.8, 4) is 5.75 Å². The number of aromatic amines is 1. The molecule has 0 aliphatic carbocycles. The Morgan fingerprint density at radius 1 is 1.32 bits per heavy atom. The fourth-order valence-corrected chi connectivity index (χ4v) is 3.10. The Balaban J connectivity index is 1.69. The van der Waals surface area contributed by atoms with Crippen molar-refractivity contribution < 1.29 is 14.3 Å². The molecule has 1 aliphatic rings. The van der Waals surface area contributed by atoms with E-state index in [0.29, 0.717) is 29.7 Å². The van der Waals surface area contributed by atoms with Gasteiger partial charge in [-0.15, -0.1) is 0 Å². The van der Waals surface area contributed by atoms with Crippen molar-refractivity contribution in [1.82, 2.24) is 14.9 Å². The molecule has 1 aromatic carbocycles. The number of carbonyl (C=O) groups is 1. The van der Waals surface area contributed by atoms with E-state index in [4.69, 9.17) is 9.47 Å². The lowest BCUT2D eigenvalue weighted by Gasteiger charge is -2.26. The number of fused-ring (bicyclic) bond motifs is 1. The minimum Gasteiger partial charge on any atom is -0.493 e. The summed E-state index contributed by atoms with van der Waals surface area (Å²) in [4.78, 5) is 34.4. The highest BCUT2D eigenvalue weighted by Crippen LogP contribution is 2.25. The molecule has 0 saturated carbocycles. The first-order valence-electron chi connectivity index (χ1n) is 9.92. The Morgan fingerprint density at radius 3 is 2.79 bits per heavy atom. The summed E-state index contributed by atoms with van der Waals surface area (Å²) in [5, 5.41) is 0.450. The zero-order valence-corrected chi connectivity index (χ0v) is 16.9. The number of nitrogens with one attached hydrogen (secondary N) is 1. The second kappa shape index (κ2) is 8.84. The van der Waals surface area contributed by atoms with Gasteiger partial charge in [-0.3, -0.25) is 14.5 Å². The normalized spacial score (nSPS) is 15.7. The highest BCUT2D eigenvalue weighted by atomic mass is 16.5. The van der Waals surface area contributed by atoms with Gasteiger partial charge in [-0.05, 0) is 25.0 Å². The quantitative estimate of drug-likeness (QED) is 0.554. The molecule has 0 bridgehead atoms. The van der Waals surface area contributed by atoms with Gasteiger partial charge in [-0.1, -0.05) is 20.8 Å². The van der Waals surface area contributed by atoms with E-state index in [2.05, 4.69) is 14.9 Å². The predicted molar refractivity (Wildman–Crippen MR) is 108 cm³/mol. The minimum absolute atomic E-state index is 0.105. The van der Waals surface area contributed by atoms with Crippen LogP contribution in [-0.2, 0) is 4.74 Å². The van der Waals surface area contributed by atoms with E-state index >= 15 is 0 Å². The van der Waals surface area contributed by atoms with Gasteiger partial charge >= 0.3 is 0 Å². The number of nitrogens with zero attached hydrogens (tertiary/aromatic N) is 2. The van der Waals surface area contributed by atoms with Gasteiger partial charge in [0.2, 0.25) is 5.78 Å². The number of ether oxygens (including phenoxy) is 2. The smallest absolute Gasteiger partial charge is 0.259 e. The van der Waals surface area contributed by atoms with Crippen LogP contribution in [0.15, 0.2) is 23.0 Å². The second-order valence-electron chi connectivity index (χ2n) is 7.82. The van der Waals surface area contributed by atoms with Crippen LogP contribution < -0.4 is 10.3 Å². The molecule has 7 nitrogen and oxygen atoms in total. The summed E-state index contributed by atoms with van der Waals surface area (Å²) in [6.45, 7) is 10.7. The molecule has 1 aromatic heterocycles. The SMILES string of the molecule is CCC(C)(C)C(=O)c1nc2cc(OCCCN3CCOCC3)ccc2c(=O)[nH]1. The van der Waals surface area contributed by atoms with Crippen LogP contribution in [0.3, 0.4) is 0 Å². The first kappa shape index (κ1) is 20.5. The molecular weight excluding hydrogens is 358 g/mol.